The normalized spacial score (nSPS) is 12.0. The Kier molecular flexibility index (Phi) is 5.89. The third-order valence-corrected chi connectivity index (χ3v) is 5.44. The number of aromatic nitrogens is 4. The van der Waals surface area contributed by atoms with E-state index in [1.54, 1.807) is 13.3 Å². The lowest BCUT2D eigenvalue weighted by atomic mass is 10.2. The molecule has 0 radical (unpaired) electrons. The van der Waals surface area contributed by atoms with Crippen molar-refractivity contribution >= 4 is 34.1 Å². The van der Waals surface area contributed by atoms with Gasteiger partial charge in [0.15, 0.2) is 16.1 Å². The number of hydrogen-bond acceptors (Lipinski definition) is 7. The number of rotatable bonds is 7. The van der Waals surface area contributed by atoms with Crippen LogP contribution in [0.2, 0.25) is 0 Å². The molecule has 0 saturated carbocycles. The van der Waals surface area contributed by atoms with Gasteiger partial charge in [0, 0.05) is 23.7 Å². The fourth-order valence-corrected chi connectivity index (χ4v) is 3.79. The second-order valence-electron chi connectivity index (χ2n) is 5.37. The molecule has 0 aliphatic carbocycles. The minimum Gasteiger partial charge on any atom is -0.497 e. The van der Waals surface area contributed by atoms with Crippen molar-refractivity contribution in [3.8, 4) is 17.1 Å². The molecular formula is C17H19N5O2S2. The number of nitrogens with one attached hydrogen (secondary N) is 1. The summed E-state index contributed by atoms with van der Waals surface area (Å²) in [6.45, 7) is 4.56. The number of benzene rings is 1. The molecule has 0 fully saturated rings. The van der Waals surface area contributed by atoms with Crippen LogP contribution >= 0.6 is 23.1 Å². The van der Waals surface area contributed by atoms with Crippen LogP contribution in [0.15, 0.2) is 41.0 Å². The Morgan fingerprint density at radius 2 is 2.27 bits per heavy atom. The molecule has 1 amide bonds. The Labute approximate surface area is 159 Å². The van der Waals surface area contributed by atoms with Gasteiger partial charge in [-0.2, -0.15) is 0 Å². The minimum atomic E-state index is -0.327. The molecule has 1 aromatic carbocycles. The fraction of sp³-hybridized carbons (Fsp3) is 0.294. The monoisotopic (exact) mass is 389 g/mol. The number of nitrogens with zero attached hydrogens (tertiary/aromatic N) is 4. The van der Waals surface area contributed by atoms with E-state index in [4.69, 9.17) is 4.74 Å². The zero-order valence-electron chi connectivity index (χ0n) is 14.7. The smallest absolute Gasteiger partial charge is 0.239 e. The van der Waals surface area contributed by atoms with Gasteiger partial charge < -0.3 is 14.6 Å². The van der Waals surface area contributed by atoms with E-state index >= 15 is 0 Å². The van der Waals surface area contributed by atoms with E-state index in [2.05, 4.69) is 20.5 Å². The van der Waals surface area contributed by atoms with Crippen molar-refractivity contribution in [1.29, 1.82) is 0 Å². The molecule has 3 rings (SSSR count). The first-order chi connectivity index (χ1) is 12.6. The number of hydrogen-bond donors (Lipinski definition) is 1. The molecule has 0 bridgehead atoms. The van der Waals surface area contributed by atoms with Crippen molar-refractivity contribution in [2.45, 2.75) is 30.8 Å². The molecule has 2 aromatic heterocycles. The Balaban J connectivity index is 1.78. The maximum atomic E-state index is 12.3. The summed E-state index contributed by atoms with van der Waals surface area (Å²) >= 11 is 2.76. The molecular weight excluding hydrogens is 370 g/mol. The fourth-order valence-electron chi connectivity index (χ4n) is 2.34. The average Bonchev–Trinajstić information content (AvgIpc) is 3.31. The summed E-state index contributed by atoms with van der Waals surface area (Å²) in [5.74, 6) is 1.40. The topological polar surface area (TPSA) is 81.9 Å². The lowest BCUT2D eigenvalue weighted by Gasteiger charge is -2.12. The molecule has 7 nitrogen and oxygen atoms in total. The molecule has 1 unspecified atom stereocenters. The van der Waals surface area contributed by atoms with Crippen molar-refractivity contribution in [2.75, 3.05) is 12.4 Å². The molecule has 1 atom stereocenters. The molecule has 0 aliphatic heterocycles. The quantitative estimate of drug-likeness (QED) is 0.622. The predicted molar refractivity (Wildman–Crippen MR) is 104 cm³/mol. The number of amides is 1. The molecule has 26 heavy (non-hydrogen) atoms. The van der Waals surface area contributed by atoms with Gasteiger partial charge in [-0.05, 0) is 26.0 Å². The highest BCUT2D eigenvalue weighted by molar-refractivity contribution is 8.00. The molecule has 0 saturated heterocycles. The number of thioether (sulfide) groups is 1. The minimum absolute atomic E-state index is 0.112. The van der Waals surface area contributed by atoms with E-state index < -0.39 is 0 Å². The lowest BCUT2D eigenvalue weighted by molar-refractivity contribution is -0.115. The van der Waals surface area contributed by atoms with Gasteiger partial charge in [0.05, 0.1) is 12.4 Å². The average molecular weight is 390 g/mol. The summed E-state index contributed by atoms with van der Waals surface area (Å²) in [6, 6.07) is 7.69. The van der Waals surface area contributed by atoms with Crippen molar-refractivity contribution in [2.24, 2.45) is 0 Å². The largest absolute Gasteiger partial charge is 0.497 e. The predicted octanol–water partition coefficient (Wildman–Crippen LogP) is 3.55. The van der Waals surface area contributed by atoms with Crippen LogP contribution in [0.1, 0.15) is 13.8 Å². The van der Waals surface area contributed by atoms with Crippen LogP contribution < -0.4 is 10.1 Å². The Hall–Kier alpha value is -2.39. The number of carbonyl (C=O) groups excluding carboxylic acids is 1. The highest BCUT2D eigenvalue weighted by Crippen LogP contribution is 2.29. The first kappa shape index (κ1) is 18.4. The molecule has 1 N–H and O–H groups in total. The Morgan fingerprint density at radius 3 is 2.96 bits per heavy atom. The molecule has 9 heteroatoms. The van der Waals surface area contributed by atoms with E-state index in [-0.39, 0.29) is 11.2 Å². The molecule has 0 spiro atoms. The first-order valence-corrected chi connectivity index (χ1v) is 9.83. The maximum Gasteiger partial charge on any atom is 0.239 e. The van der Waals surface area contributed by atoms with E-state index in [1.165, 1.54) is 23.1 Å². The van der Waals surface area contributed by atoms with Gasteiger partial charge in [0.25, 0.3) is 0 Å². The number of methoxy groups -OCH3 is 1. The standard InChI is InChI=1S/C17H19N5O2S2/c1-4-22-14(12-6-5-7-13(10-12)24-3)20-21-17(22)26-11(2)15(23)19-16-18-8-9-25-16/h5-11H,4H2,1-3H3,(H,18,19,23). The van der Waals surface area contributed by atoms with Gasteiger partial charge in [0.1, 0.15) is 5.75 Å². The summed E-state index contributed by atoms with van der Waals surface area (Å²) in [4.78, 5) is 16.4. The summed E-state index contributed by atoms with van der Waals surface area (Å²) in [6.07, 6.45) is 1.66. The summed E-state index contributed by atoms with van der Waals surface area (Å²) in [5, 5.41) is 14.2. The van der Waals surface area contributed by atoms with Crippen LogP contribution in [0.3, 0.4) is 0 Å². The van der Waals surface area contributed by atoms with Gasteiger partial charge in [-0.3, -0.25) is 4.79 Å². The van der Waals surface area contributed by atoms with E-state index in [1.807, 2.05) is 48.1 Å². The van der Waals surface area contributed by atoms with Crippen LogP contribution in [0.4, 0.5) is 5.13 Å². The van der Waals surface area contributed by atoms with Gasteiger partial charge in [-0.25, -0.2) is 4.98 Å². The van der Waals surface area contributed by atoms with E-state index in [0.29, 0.717) is 16.8 Å². The maximum absolute atomic E-state index is 12.3. The van der Waals surface area contributed by atoms with Crippen molar-refractivity contribution in [1.82, 2.24) is 19.7 Å². The zero-order chi connectivity index (χ0) is 18.5. The van der Waals surface area contributed by atoms with Crippen molar-refractivity contribution < 1.29 is 9.53 Å². The highest BCUT2D eigenvalue weighted by atomic mass is 32.2. The second kappa shape index (κ2) is 8.33. The third-order valence-electron chi connectivity index (χ3n) is 3.67. The van der Waals surface area contributed by atoms with Crippen LogP contribution in [0.5, 0.6) is 5.75 Å². The summed E-state index contributed by atoms with van der Waals surface area (Å²) in [7, 11) is 1.63. The van der Waals surface area contributed by atoms with Crippen LogP contribution in [0.25, 0.3) is 11.4 Å². The number of thiazole rings is 1. The van der Waals surface area contributed by atoms with Crippen molar-refractivity contribution in [3.63, 3.8) is 0 Å². The number of anilines is 1. The van der Waals surface area contributed by atoms with Crippen LogP contribution in [-0.2, 0) is 11.3 Å². The van der Waals surface area contributed by atoms with Gasteiger partial charge in [0.2, 0.25) is 5.91 Å². The Bertz CT molecular complexity index is 879. The number of carbonyl (C=O) groups is 1. The third kappa shape index (κ3) is 4.05. The van der Waals surface area contributed by atoms with Gasteiger partial charge in [-0.15, -0.1) is 21.5 Å². The zero-order valence-corrected chi connectivity index (χ0v) is 16.3. The summed E-state index contributed by atoms with van der Waals surface area (Å²) < 4.78 is 7.27. The SMILES string of the molecule is CCn1c(SC(C)C(=O)Nc2nccs2)nnc1-c1cccc(OC)c1. The van der Waals surface area contributed by atoms with E-state index in [9.17, 15) is 4.79 Å². The molecule has 3 aromatic rings. The van der Waals surface area contributed by atoms with Gasteiger partial charge >= 0.3 is 0 Å². The molecule has 0 aliphatic rings. The van der Waals surface area contributed by atoms with Crippen molar-refractivity contribution in [3.05, 3.63) is 35.8 Å². The number of ether oxygens (including phenoxy) is 1. The van der Waals surface area contributed by atoms with Crippen LogP contribution in [0, 0.1) is 0 Å². The van der Waals surface area contributed by atoms with Crippen LogP contribution in [-0.4, -0.2) is 38.0 Å². The van der Waals surface area contributed by atoms with Gasteiger partial charge in [-0.1, -0.05) is 23.9 Å². The first-order valence-electron chi connectivity index (χ1n) is 8.07. The summed E-state index contributed by atoms with van der Waals surface area (Å²) in [5.41, 5.74) is 0.922. The second-order valence-corrected chi connectivity index (χ2v) is 7.57. The highest BCUT2D eigenvalue weighted by Gasteiger charge is 2.21. The molecule has 2 heterocycles. The van der Waals surface area contributed by atoms with E-state index in [0.717, 1.165) is 17.1 Å². The Morgan fingerprint density at radius 1 is 1.42 bits per heavy atom. The molecule has 136 valence electrons. The lowest BCUT2D eigenvalue weighted by Crippen LogP contribution is -2.22.